The van der Waals surface area contributed by atoms with E-state index in [0.717, 1.165) is 22.3 Å². The van der Waals surface area contributed by atoms with Gasteiger partial charge in [-0.1, -0.05) is 29.8 Å². The lowest BCUT2D eigenvalue weighted by molar-refractivity contribution is 0.0697. The molecule has 0 aliphatic rings. The van der Waals surface area contributed by atoms with Crippen LogP contribution >= 0.6 is 11.6 Å². The van der Waals surface area contributed by atoms with Crippen molar-refractivity contribution in [1.82, 2.24) is 19.7 Å². The van der Waals surface area contributed by atoms with E-state index in [4.69, 9.17) is 16.0 Å². The Labute approximate surface area is 181 Å². The molecule has 0 saturated carbocycles. The van der Waals surface area contributed by atoms with Crippen molar-refractivity contribution < 1.29 is 14.3 Å². The Bertz CT molecular complexity index is 1450. The average molecular weight is 431 g/mol. The van der Waals surface area contributed by atoms with Crippen molar-refractivity contribution in [3.63, 3.8) is 0 Å². The molecular formula is C23H15ClN4O3. The van der Waals surface area contributed by atoms with Gasteiger partial charge in [-0.25, -0.2) is 9.78 Å². The molecule has 0 spiro atoms. The van der Waals surface area contributed by atoms with E-state index in [1.807, 2.05) is 54.1 Å². The summed E-state index contributed by atoms with van der Waals surface area (Å²) in [7, 11) is 1.88. The van der Waals surface area contributed by atoms with Crippen molar-refractivity contribution in [3.05, 3.63) is 77.6 Å². The Balaban J connectivity index is 1.62. The highest BCUT2D eigenvalue weighted by Gasteiger charge is 2.15. The van der Waals surface area contributed by atoms with Crippen LogP contribution in [-0.2, 0) is 7.05 Å². The maximum Gasteiger partial charge on any atom is 0.335 e. The molecule has 0 atom stereocenters. The molecule has 0 fully saturated rings. The van der Waals surface area contributed by atoms with Gasteiger partial charge in [0.2, 0.25) is 5.89 Å². The molecule has 7 nitrogen and oxygen atoms in total. The third kappa shape index (κ3) is 3.45. The summed E-state index contributed by atoms with van der Waals surface area (Å²) in [6.45, 7) is 0. The van der Waals surface area contributed by atoms with E-state index in [-0.39, 0.29) is 5.56 Å². The molecule has 152 valence electrons. The zero-order valence-electron chi connectivity index (χ0n) is 16.3. The molecule has 5 aromatic rings. The van der Waals surface area contributed by atoms with Crippen LogP contribution in [0.4, 0.5) is 0 Å². The van der Waals surface area contributed by atoms with Crippen molar-refractivity contribution in [1.29, 1.82) is 0 Å². The van der Waals surface area contributed by atoms with E-state index in [1.54, 1.807) is 12.4 Å². The first-order chi connectivity index (χ1) is 15.0. The van der Waals surface area contributed by atoms with E-state index in [0.29, 0.717) is 27.8 Å². The van der Waals surface area contributed by atoms with Gasteiger partial charge in [-0.3, -0.25) is 0 Å². The van der Waals surface area contributed by atoms with Crippen LogP contribution in [0.5, 0.6) is 0 Å². The Morgan fingerprint density at radius 3 is 2.65 bits per heavy atom. The number of oxazole rings is 1. The fourth-order valence-corrected chi connectivity index (χ4v) is 3.66. The number of carboxylic acids is 1. The number of fused-ring (bicyclic) bond motifs is 1. The quantitative estimate of drug-likeness (QED) is 0.415. The topological polar surface area (TPSA) is 94.0 Å². The average Bonchev–Trinajstić information content (AvgIpc) is 3.39. The number of benzene rings is 3. The molecule has 0 unspecified atom stereocenters. The fraction of sp³-hybridized carbons (Fsp3) is 0.0435. The smallest absolute Gasteiger partial charge is 0.335 e. The lowest BCUT2D eigenvalue weighted by Gasteiger charge is -2.11. The zero-order valence-corrected chi connectivity index (χ0v) is 17.0. The third-order valence-corrected chi connectivity index (χ3v) is 5.22. The summed E-state index contributed by atoms with van der Waals surface area (Å²) in [6, 6.07) is 18.0. The molecule has 0 saturated heterocycles. The second kappa shape index (κ2) is 7.37. The fourth-order valence-electron chi connectivity index (χ4n) is 3.48. The summed E-state index contributed by atoms with van der Waals surface area (Å²) in [5.74, 6) is 0.104. The number of hydrogen-bond acceptors (Lipinski definition) is 5. The Morgan fingerprint density at radius 2 is 1.87 bits per heavy atom. The zero-order chi connectivity index (χ0) is 21.5. The normalized spacial score (nSPS) is 11.2. The van der Waals surface area contributed by atoms with Crippen LogP contribution in [0.1, 0.15) is 10.4 Å². The van der Waals surface area contributed by atoms with Gasteiger partial charge in [0, 0.05) is 23.2 Å². The lowest BCUT2D eigenvalue weighted by atomic mass is 9.97. The molecule has 5 rings (SSSR count). The number of rotatable bonds is 4. The summed E-state index contributed by atoms with van der Waals surface area (Å²) in [6.07, 6.45) is 1.64. The molecule has 2 heterocycles. The van der Waals surface area contributed by atoms with Crippen LogP contribution in [0.15, 0.2) is 71.4 Å². The van der Waals surface area contributed by atoms with Crippen molar-refractivity contribution in [3.8, 4) is 34.0 Å². The van der Waals surface area contributed by atoms with Gasteiger partial charge in [0.05, 0.1) is 5.56 Å². The predicted molar refractivity (Wildman–Crippen MR) is 117 cm³/mol. The molecule has 0 aliphatic carbocycles. The summed E-state index contributed by atoms with van der Waals surface area (Å²) in [4.78, 5) is 15.7. The molecule has 3 aromatic carbocycles. The van der Waals surface area contributed by atoms with Gasteiger partial charge >= 0.3 is 5.97 Å². The van der Waals surface area contributed by atoms with Crippen LogP contribution < -0.4 is 0 Å². The molecule has 31 heavy (non-hydrogen) atoms. The number of nitrogens with zero attached hydrogens (tertiary/aromatic N) is 4. The highest BCUT2D eigenvalue weighted by Crippen LogP contribution is 2.35. The largest absolute Gasteiger partial charge is 0.478 e. The lowest BCUT2D eigenvalue weighted by Crippen LogP contribution is -1.94. The van der Waals surface area contributed by atoms with Crippen LogP contribution in [-0.4, -0.2) is 30.8 Å². The van der Waals surface area contributed by atoms with E-state index in [9.17, 15) is 9.90 Å². The minimum atomic E-state index is -1.01. The highest BCUT2D eigenvalue weighted by molar-refractivity contribution is 6.31. The summed E-state index contributed by atoms with van der Waals surface area (Å²) >= 11 is 6.26. The van der Waals surface area contributed by atoms with Crippen LogP contribution in [0.2, 0.25) is 5.02 Å². The predicted octanol–water partition coefficient (Wildman–Crippen LogP) is 5.31. The Hall–Kier alpha value is -3.97. The van der Waals surface area contributed by atoms with Crippen LogP contribution in [0.3, 0.4) is 0 Å². The Kier molecular flexibility index (Phi) is 4.52. The maximum absolute atomic E-state index is 11.2. The number of aryl methyl sites for hydroxylation is 1. The van der Waals surface area contributed by atoms with E-state index >= 15 is 0 Å². The summed E-state index contributed by atoms with van der Waals surface area (Å²) in [5.41, 5.74) is 4.67. The molecule has 0 radical (unpaired) electrons. The van der Waals surface area contributed by atoms with E-state index in [2.05, 4.69) is 15.2 Å². The molecule has 0 amide bonds. The third-order valence-electron chi connectivity index (χ3n) is 4.99. The van der Waals surface area contributed by atoms with Gasteiger partial charge in [0.15, 0.2) is 11.4 Å². The molecule has 0 aliphatic heterocycles. The number of hydrogen-bond donors (Lipinski definition) is 1. The number of aromatic carboxylic acids is 1. The van der Waals surface area contributed by atoms with Crippen molar-refractivity contribution in [2.75, 3.05) is 0 Å². The number of halogens is 1. The SMILES string of the molecule is Cn1cnnc1-c1cc(Cl)ccc1-c1cccc(-c2nc3cc(C(=O)O)ccc3o2)c1. The second-order valence-electron chi connectivity index (χ2n) is 7.04. The first-order valence-corrected chi connectivity index (χ1v) is 9.76. The molecule has 2 aromatic heterocycles. The molecular weight excluding hydrogens is 416 g/mol. The van der Waals surface area contributed by atoms with Gasteiger partial charge in [0.1, 0.15) is 11.8 Å². The molecule has 0 bridgehead atoms. The van der Waals surface area contributed by atoms with E-state index < -0.39 is 5.97 Å². The van der Waals surface area contributed by atoms with Gasteiger partial charge in [0.25, 0.3) is 0 Å². The monoisotopic (exact) mass is 430 g/mol. The van der Waals surface area contributed by atoms with Crippen LogP contribution in [0.25, 0.3) is 45.1 Å². The van der Waals surface area contributed by atoms with Crippen molar-refractivity contribution in [2.24, 2.45) is 7.05 Å². The standard InChI is InChI=1S/C23H15ClN4O3/c1-28-12-25-27-21(28)18-11-16(24)6-7-17(18)13-3-2-4-14(9-13)22-26-19-10-15(23(29)30)5-8-20(19)31-22/h2-12H,1H3,(H,29,30). The minimum absolute atomic E-state index is 0.163. The number of carbonyl (C=O) groups is 1. The van der Waals surface area contributed by atoms with Gasteiger partial charge in [-0.2, -0.15) is 0 Å². The van der Waals surface area contributed by atoms with Crippen molar-refractivity contribution in [2.45, 2.75) is 0 Å². The van der Waals surface area contributed by atoms with Gasteiger partial charge < -0.3 is 14.1 Å². The van der Waals surface area contributed by atoms with Gasteiger partial charge in [-0.05, 0) is 53.6 Å². The molecule has 8 heteroatoms. The first-order valence-electron chi connectivity index (χ1n) is 9.38. The summed E-state index contributed by atoms with van der Waals surface area (Å²) in [5, 5.41) is 18.0. The van der Waals surface area contributed by atoms with E-state index in [1.165, 1.54) is 12.1 Å². The van der Waals surface area contributed by atoms with Gasteiger partial charge in [-0.15, -0.1) is 10.2 Å². The molecule has 1 N–H and O–H groups in total. The Morgan fingerprint density at radius 1 is 1.03 bits per heavy atom. The van der Waals surface area contributed by atoms with Crippen molar-refractivity contribution >= 4 is 28.7 Å². The first kappa shape index (κ1) is 19.0. The number of carboxylic acid groups (broad SMARTS) is 1. The van der Waals surface area contributed by atoms with Crippen LogP contribution in [0, 0.1) is 0 Å². The second-order valence-corrected chi connectivity index (χ2v) is 7.48. The minimum Gasteiger partial charge on any atom is -0.478 e. The summed E-state index contributed by atoms with van der Waals surface area (Å²) < 4.78 is 7.70. The maximum atomic E-state index is 11.2. The number of aromatic nitrogens is 4. The highest BCUT2D eigenvalue weighted by atomic mass is 35.5.